The van der Waals surface area contributed by atoms with Crippen LogP contribution in [0.5, 0.6) is 0 Å². The van der Waals surface area contributed by atoms with E-state index in [0.29, 0.717) is 11.5 Å². The number of hydrogen-bond acceptors (Lipinski definition) is 3. The van der Waals surface area contributed by atoms with E-state index in [1.54, 1.807) is 6.92 Å². The lowest BCUT2D eigenvalue weighted by molar-refractivity contribution is -0.135. The fourth-order valence-electron chi connectivity index (χ4n) is 2.85. The standard InChI is InChI=1S/C20H29N3O3/c1-12(2)14(5)21-17(24)11-23-18(25)20(6,22-19(23)26)16-9-7-15(8-10-16)13(3)4/h7-10,12-14H,11H2,1-6H3,(H,21,24)(H,22,26)/t14-,20+/m1/s1. The molecule has 0 saturated carbocycles. The van der Waals surface area contributed by atoms with Gasteiger partial charge in [0.1, 0.15) is 12.1 Å². The minimum Gasteiger partial charge on any atom is -0.352 e. The Balaban J connectivity index is 2.15. The van der Waals surface area contributed by atoms with Crippen LogP contribution in [0.2, 0.25) is 0 Å². The Bertz CT molecular complexity index is 697. The van der Waals surface area contributed by atoms with Crippen LogP contribution in [-0.2, 0) is 15.1 Å². The summed E-state index contributed by atoms with van der Waals surface area (Å²) in [5.74, 6) is -0.0954. The molecule has 1 aliphatic rings. The third-order valence-corrected chi connectivity index (χ3v) is 5.12. The summed E-state index contributed by atoms with van der Waals surface area (Å²) in [6, 6.07) is 7.07. The van der Waals surface area contributed by atoms with E-state index in [4.69, 9.17) is 0 Å². The second-order valence-corrected chi connectivity index (χ2v) is 7.82. The summed E-state index contributed by atoms with van der Waals surface area (Å²) in [7, 11) is 0. The van der Waals surface area contributed by atoms with Gasteiger partial charge in [0.2, 0.25) is 5.91 Å². The van der Waals surface area contributed by atoms with E-state index in [1.165, 1.54) is 0 Å². The molecule has 1 aromatic rings. The van der Waals surface area contributed by atoms with Crippen molar-refractivity contribution < 1.29 is 14.4 Å². The monoisotopic (exact) mass is 359 g/mol. The van der Waals surface area contributed by atoms with Gasteiger partial charge in [0.25, 0.3) is 5.91 Å². The quantitative estimate of drug-likeness (QED) is 0.767. The molecule has 6 heteroatoms. The first-order chi connectivity index (χ1) is 12.1. The minimum atomic E-state index is -1.16. The highest BCUT2D eigenvalue weighted by molar-refractivity contribution is 6.09. The van der Waals surface area contributed by atoms with Crippen LogP contribution in [0, 0.1) is 5.92 Å². The Morgan fingerprint density at radius 1 is 1.12 bits per heavy atom. The van der Waals surface area contributed by atoms with Gasteiger partial charge in [-0.3, -0.25) is 14.5 Å². The van der Waals surface area contributed by atoms with Gasteiger partial charge in [0.05, 0.1) is 0 Å². The van der Waals surface area contributed by atoms with E-state index >= 15 is 0 Å². The number of hydrogen-bond donors (Lipinski definition) is 2. The van der Waals surface area contributed by atoms with Crippen molar-refractivity contribution in [1.29, 1.82) is 0 Å². The number of amides is 4. The molecule has 4 amide bonds. The highest BCUT2D eigenvalue weighted by atomic mass is 16.2. The first-order valence-electron chi connectivity index (χ1n) is 9.10. The Hall–Kier alpha value is -2.37. The lowest BCUT2D eigenvalue weighted by Gasteiger charge is -2.23. The fourth-order valence-corrected chi connectivity index (χ4v) is 2.85. The van der Waals surface area contributed by atoms with Crippen molar-refractivity contribution in [2.24, 2.45) is 5.92 Å². The smallest absolute Gasteiger partial charge is 0.325 e. The SMILES string of the molecule is CC(C)c1ccc([C@]2(C)NC(=O)N(CC(=O)N[C@H](C)C(C)C)C2=O)cc1. The zero-order valence-electron chi connectivity index (χ0n) is 16.4. The number of imide groups is 1. The molecule has 142 valence electrons. The third-order valence-electron chi connectivity index (χ3n) is 5.12. The van der Waals surface area contributed by atoms with Crippen LogP contribution in [0.1, 0.15) is 58.6 Å². The zero-order valence-corrected chi connectivity index (χ0v) is 16.4. The molecule has 1 fully saturated rings. The summed E-state index contributed by atoms with van der Waals surface area (Å²) < 4.78 is 0. The Morgan fingerprint density at radius 2 is 1.69 bits per heavy atom. The van der Waals surface area contributed by atoms with E-state index in [-0.39, 0.29) is 24.4 Å². The van der Waals surface area contributed by atoms with Gasteiger partial charge in [-0.1, -0.05) is 52.0 Å². The van der Waals surface area contributed by atoms with Crippen LogP contribution in [0.4, 0.5) is 4.79 Å². The third kappa shape index (κ3) is 3.89. The van der Waals surface area contributed by atoms with Crippen molar-refractivity contribution in [2.45, 2.75) is 59.0 Å². The van der Waals surface area contributed by atoms with Crippen LogP contribution >= 0.6 is 0 Å². The molecule has 0 spiro atoms. The van der Waals surface area contributed by atoms with Crippen molar-refractivity contribution in [1.82, 2.24) is 15.5 Å². The van der Waals surface area contributed by atoms with Gasteiger partial charge in [0.15, 0.2) is 0 Å². The summed E-state index contributed by atoms with van der Waals surface area (Å²) in [5, 5.41) is 5.56. The molecule has 1 saturated heterocycles. The number of rotatable bonds is 6. The molecule has 0 radical (unpaired) electrons. The number of nitrogens with one attached hydrogen (secondary N) is 2. The Kier molecular flexibility index (Phi) is 5.74. The van der Waals surface area contributed by atoms with Gasteiger partial charge >= 0.3 is 6.03 Å². The molecule has 1 heterocycles. The van der Waals surface area contributed by atoms with Gasteiger partial charge < -0.3 is 10.6 Å². The van der Waals surface area contributed by atoms with Crippen LogP contribution in [0.3, 0.4) is 0 Å². The number of nitrogens with zero attached hydrogens (tertiary/aromatic N) is 1. The molecular formula is C20H29N3O3. The maximum Gasteiger partial charge on any atom is 0.325 e. The number of benzene rings is 1. The Labute approximate surface area is 155 Å². The van der Waals surface area contributed by atoms with Crippen molar-refractivity contribution in [2.75, 3.05) is 6.54 Å². The number of carbonyl (C=O) groups is 3. The summed E-state index contributed by atoms with van der Waals surface area (Å²) >= 11 is 0. The maximum atomic E-state index is 12.9. The average Bonchev–Trinajstić information content (AvgIpc) is 2.79. The van der Waals surface area contributed by atoms with E-state index in [1.807, 2.05) is 45.0 Å². The normalized spacial score (nSPS) is 21.3. The molecular weight excluding hydrogens is 330 g/mol. The molecule has 0 aliphatic carbocycles. The molecule has 2 rings (SSSR count). The average molecular weight is 359 g/mol. The lowest BCUT2D eigenvalue weighted by Crippen LogP contribution is -2.46. The highest BCUT2D eigenvalue weighted by Crippen LogP contribution is 2.29. The van der Waals surface area contributed by atoms with Gasteiger partial charge in [-0.25, -0.2) is 4.79 Å². The zero-order chi connectivity index (χ0) is 19.6. The van der Waals surface area contributed by atoms with Crippen LogP contribution in [0.15, 0.2) is 24.3 Å². The molecule has 6 nitrogen and oxygen atoms in total. The first-order valence-corrected chi connectivity index (χ1v) is 9.10. The van der Waals surface area contributed by atoms with E-state index in [9.17, 15) is 14.4 Å². The van der Waals surface area contributed by atoms with Crippen LogP contribution in [0.25, 0.3) is 0 Å². The van der Waals surface area contributed by atoms with E-state index in [2.05, 4.69) is 24.5 Å². The maximum absolute atomic E-state index is 12.9. The van der Waals surface area contributed by atoms with Gasteiger partial charge in [-0.15, -0.1) is 0 Å². The molecule has 0 bridgehead atoms. The van der Waals surface area contributed by atoms with Crippen molar-refractivity contribution in [3.05, 3.63) is 35.4 Å². The largest absolute Gasteiger partial charge is 0.352 e. The second-order valence-electron chi connectivity index (χ2n) is 7.82. The highest BCUT2D eigenvalue weighted by Gasteiger charge is 2.49. The summed E-state index contributed by atoms with van der Waals surface area (Å²) in [5.41, 5.74) is 0.711. The van der Waals surface area contributed by atoms with Crippen LogP contribution in [-0.4, -0.2) is 35.3 Å². The summed E-state index contributed by atoms with van der Waals surface area (Å²) in [6.07, 6.45) is 0. The predicted molar refractivity (Wildman–Crippen MR) is 101 cm³/mol. The number of urea groups is 1. The van der Waals surface area contributed by atoms with E-state index < -0.39 is 17.5 Å². The molecule has 0 unspecified atom stereocenters. The predicted octanol–water partition coefficient (Wildman–Crippen LogP) is 2.74. The number of carbonyl (C=O) groups excluding carboxylic acids is 3. The summed E-state index contributed by atoms with van der Waals surface area (Å²) in [4.78, 5) is 38.4. The minimum absolute atomic E-state index is 0.0294. The molecule has 2 atom stereocenters. The van der Waals surface area contributed by atoms with Crippen molar-refractivity contribution >= 4 is 17.8 Å². The molecule has 1 aromatic carbocycles. The first kappa shape index (κ1) is 19.9. The van der Waals surface area contributed by atoms with Crippen molar-refractivity contribution in [3.63, 3.8) is 0 Å². The summed E-state index contributed by atoms with van der Waals surface area (Å²) in [6.45, 7) is 11.5. The fraction of sp³-hybridized carbons (Fsp3) is 0.550. The molecule has 1 aliphatic heterocycles. The van der Waals surface area contributed by atoms with Crippen molar-refractivity contribution in [3.8, 4) is 0 Å². The van der Waals surface area contributed by atoms with Gasteiger partial charge in [-0.05, 0) is 36.8 Å². The molecule has 26 heavy (non-hydrogen) atoms. The van der Waals surface area contributed by atoms with Gasteiger partial charge in [-0.2, -0.15) is 0 Å². The van der Waals surface area contributed by atoms with Gasteiger partial charge in [0, 0.05) is 6.04 Å². The topological polar surface area (TPSA) is 78.5 Å². The van der Waals surface area contributed by atoms with E-state index in [0.717, 1.165) is 10.5 Å². The molecule has 0 aromatic heterocycles. The lowest BCUT2D eigenvalue weighted by atomic mass is 9.90. The second kappa shape index (κ2) is 7.48. The van der Waals surface area contributed by atoms with Crippen LogP contribution < -0.4 is 10.6 Å². The molecule has 2 N–H and O–H groups in total. The Morgan fingerprint density at radius 3 is 2.19 bits per heavy atom.